The van der Waals surface area contributed by atoms with Gasteiger partial charge >= 0.3 is 6.18 Å². The maximum atomic E-state index is 13.4. The van der Waals surface area contributed by atoms with Crippen molar-refractivity contribution in [2.24, 2.45) is 0 Å². The summed E-state index contributed by atoms with van der Waals surface area (Å²) in [5.74, 6) is -0.531. The Balaban J connectivity index is 2.56. The minimum Gasteiger partial charge on any atom is -0.207 e. The maximum absolute atomic E-state index is 13.4. The average Bonchev–Trinajstić information content (AvgIpc) is 2.41. The van der Waals surface area contributed by atoms with Gasteiger partial charge in [-0.3, -0.25) is 0 Å². The molecule has 0 aromatic heterocycles. The minimum absolute atomic E-state index is 0.00456. The van der Waals surface area contributed by atoms with Crippen molar-refractivity contribution in [2.75, 3.05) is 0 Å². The third kappa shape index (κ3) is 3.33. The molecule has 0 radical (unpaired) electrons. The van der Waals surface area contributed by atoms with Crippen LogP contribution in [-0.4, -0.2) is 0 Å². The SMILES string of the molecule is Cc1cc(C(Cl)c2ccccc2C(F)(F)F)c(Cl)cc1F. The summed E-state index contributed by atoms with van der Waals surface area (Å²) in [5, 5.41) is -1.12. The molecule has 0 aliphatic rings. The molecule has 1 atom stereocenters. The van der Waals surface area contributed by atoms with Crippen LogP contribution < -0.4 is 0 Å². The van der Waals surface area contributed by atoms with E-state index in [1.54, 1.807) is 0 Å². The molecular formula is C15H10Cl2F4. The molecule has 0 fully saturated rings. The van der Waals surface area contributed by atoms with E-state index >= 15 is 0 Å². The van der Waals surface area contributed by atoms with Crippen molar-refractivity contribution in [3.05, 3.63) is 69.5 Å². The molecule has 2 rings (SSSR count). The number of alkyl halides is 4. The van der Waals surface area contributed by atoms with E-state index in [2.05, 4.69) is 0 Å². The van der Waals surface area contributed by atoms with Crippen LogP contribution in [0.2, 0.25) is 5.02 Å². The van der Waals surface area contributed by atoms with E-state index < -0.39 is 22.9 Å². The second kappa shape index (κ2) is 5.85. The highest BCUT2D eigenvalue weighted by atomic mass is 35.5. The van der Waals surface area contributed by atoms with Crippen LogP contribution in [0.3, 0.4) is 0 Å². The molecule has 0 N–H and O–H groups in total. The first-order chi connectivity index (χ1) is 9.71. The van der Waals surface area contributed by atoms with Gasteiger partial charge in [0.25, 0.3) is 0 Å². The molecule has 6 heteroatoms. The molecule has 0 aliphatic heterocycles. The minimum atomic E-state index is -4.52. The molecule has 0 aliphatic carbocycles. The third-order valence-electron chi connectivity index (χ3n) is 3.09. The third-order valence-corrected chi connectivity index (χ3v) is 3.89. The topological polar surface area (TPSA) is 0 Å². The molecule has 0 saturated heterocycles. The fourth-order valence-electron chi connectivity index (χ4n) is 2.02. The van der Waals surface area contributed by atoms with E-state index in [4.69, 9.17) is 23.2 Å². The van der Waals surface area contributed by atoms with Crippen LogP contribution in [-0.2, 0) is 6.18 Å². The first kappa shape index (κ1) is 16.1. The Morgan fingerprint density at radius 1 is 1.05 bits per heavy atom. The molecule has 0 nitrogen and oxygen atoms in total. The van der Waals surface area contributed by atoms with E-state index in [1.165, 1.54) is 31.2 Å². The molecule has 0 spiro atoms. The van der Waals surface area contributed by atoms with Crippen molar-refractivity contribution < 1.29 is 17.6 Å². The largest absolute Gasteiger partial charge is 0.416 e. The van der Waals surface area contributed by atoms with Gasteiger partial charge in [0.1, 0.15) is 5.82 Å². The predicted molar refractivity (Wildman–Crippen MR) is 75.3 cm³/mol. The van der Waals surface area contributed by atoms with Crippen molar-refractivity contribution in [3.8, 4) is 0 Å². The van der Waals surface area contributed by atoms with Crippen LogP contribution in [0.15, 0.2) is 36.4 Å². The van der Waals surface area contributed by atoms with E-state index in [9.17, 15) is 17.6 Å². The highest BCUT2D eigenvalue weighted by Crippen LogP contribution is 2.41. The van der Waals surface area contributed by atoms with E-state index in [-0.39, 0.29) is 21.7 Å². The molecule has 0 heterocycles. The molecule has 21 heavy (non-hydrogen) atoms. The summed E-state index contributed by atoms with van der Waals surface area (Å²) in [6.45, 7) is 1.49. The predicted octanol–water partition coefficient (Wildman–Crippen LogP) is 6.13. The molecule has 112 valence electrons. The number of hydrogen-bond acceptors (Lipinski definition) is 0. The van der Waals surface area contributed by atoms with Gasteiger partial charge in [0.05, 0.1) is 10.9 Å². The van der Waals surface area contributed by atoms with Crippen LogP contribution in [0.25, 0.3) is 0 Å². The van der Waals surface area contributed by atoms with Crippen molar-refractivity contribution in [1.29, 1.82) is 0 Å². The summed E-state index contributed by atoms with van der Waals surface area (Å²) < 4.78 is 52.4. The van der Waals surface area contributed by atoms with Crippen LogP contribution in [0.5, 0.6) is 0 Å². The maximum Gasteiger partial charge on any atom is 0.416 e. The number of halogens is 6. The Kier molecular flexibility index (Phi) is 4.49. The molecule has 2 aromatic carbocycles. The highest BCUT2D eigenvalue weighted by Gasteiger charge is 2.35. The normalized spacial score (nSPS) is 13.3. The number of hydrogen-bond donors (Lipinski definition) is 0. The van der Waals surface area contributed by atoms with Crippen LogP contribution in [0.4, 0.5) is 17.6 Å². The molecule has 2 aromatic rings. The molecule has 0 bridgehead atoms. The van der Waals surface area contributed by atoms with Gasteiger partial charge in [0.15, 0.2) is 0 Å². The standard InChI is InChI=1S/C15H10Cl2F4/c1-8-6-10(12(16)7-13(8)18)14(17)9-4-2-3-5-11(9)15(19,20)21/h2-7,14H,1H3. The number of rotatable bonds is 2. The summed E-state index contributed by atoms with van der Waals surface area (Å²) in [4.78, 5) is 0. The molecule has 0 amide bonds. The lowest BCUT2D eigenvalue weighted by atomic mass is 9.97. The quantitative estimate of drug-likeness (QED) is 0.456. The van der Waals surface area contributed by atoms with Crippen molar-refractivity contribution in [3.63, 3.8) is 0 Å². The summed E-state index contributed by atoms with van der Waals surface area (Å²) in [5.41, 5.74) is -0.430. The van der Waals surface area contributed by atoms with Gasteiger partial charge in [-0.2, -0.15) is 13.2 Å². The zero-order valence-electron chi connectivity index (χ0n) is 10.8. The Morgan fingerprint density at radius 2 is 1.67 bits per heavy atom. The second-order valence-electron chi connectivity index (χ2n) is 4.57. The summed E-state index contributed by atoms with van der Waals surface area (Å²) >= 11 is 12.1. The summed E-state index contributed by atoms with van der Waals surface area (Å²) in [7, 11) is 0. The molecule has 0 saturated carbocycles. The van der Waals surface area contributed by atoms with Gasteiger partial charge in [0.2, 0.25) is 0 Å². The average molecular weight is 337 g/mol. The highest BCUT2D eigenvalue weighted by molar-refractivity contribution is 6.33. The van der Waals surface area contributed by atoms with E-state index in [0.717, 1.165) is 12.1 Å². The lowest BCUT2D eigenvalue weighted by molar-refractivity contribution is -0.138. The van der Waals surface area contributed by atoms with Crippen LogP contribution in [0.1, 0.15) is 27.6 Å². The monoisotopic (exact) mass is 336 g/mol. The van der Waals surface area contributed by atoms with Crippen LogP contribution in [0, 0.1) is 12.7 Å². The fraction of sp³-hybridized carbons (Fsp3) is 0.200. The Hall–Kier alpha value is -1.26. The van der Waals surface area contributed by atoms with E-state index in [1.807, 2.05) is 0 Å². The van der Waals surface area contributed by atoms with Gasteiger partial charge in [-0.1, -0.05) is 29.8 Å². The molecule has 1 unspecified atom stereocenters. The lowest BCUT2D eigenvalue weighted by Crippen LogP contribution is -2.11. The summed E-state index contributed by atoms with van der Waals surface area (Å²) in [6.07, 6.45) is -4.52. The zero-order valence-corrected chi connectivity index (χ0v) is 12.3. The number of aryl methyl sites for hydroxylation is 1. The first-order valence-corrected chi connectivity index (χ1v) is 6.79. The van der Waals surface area contributed by atoms with Gasteiger partial charge in [-0.05, 0) is 41.8 Å². The Morgan fingerprint density at radius 3 is 2.29 bits per heavy atom. The lowest BCUT2D eigenvalue weighted by Gasteiger charge is -2.18. The Labute approximate surface area is 129 Å². The van der Waals surface area contributed by atoms with Gasteiger partial charge < -0.3 is 0 Å². The smallest absolute Gasteiger partial charge is 0.207 e. The van der Waals surface area contributed by atoms with Crippen molar-refractivity contribution >= 4 is 23.2 Å². The van der Waals surface area contributed by atoms with Gasteiger partial charge in [-0.15, -0.1) is 11.6 Å². The molecular weight excluding hydrogens is 327 g/mol. The first-order valence-electron chi connectivity index (χ1n) is 5.97. The zero-order chi connectivity index (χ0) is 15.8. The van der Waals surface area contributed by atoms with Gasteiger partial charge in [0, 0.05) is 5.02 Å². The van der Waals surface area contributed by atoms with E-state index in [0.29, 0.717) is 0 Å². The van der Waals surface area contributed by atoms with Crippen molar-refractivity contribution in [1.82, 2.24) is 0 Å². The van der Waals surface area contributed by atoms with Gasteiger partial charge in [-0.25, -0.2) is 4.39 Å². The van der Waals surface area contributed by atoms with Crippen molar-refractivity contribution in [2.45, 2.75) is 18.5 Å². The van der Waals surface area contributed by atoms with Crippen LogP contribution >= 0.6 is 23.2 Å². The number of benzene rings is 2. The Bertz CT molecular complexity index is 665. The summed E-state index contributed by atoms with van der Waals surface area (Å²) in [6, 6.07) is 7.41. The second-order valence-corrected chi connectivity index (χ2v) is 5.41. The fourth-order valence-corrected chi connectivity index (χ4v) is 2.70.